The predicted molar refractivity (Wildman–Crippen MR) is 109 cm³/mol. The maximum Gasteiger partial charge on any atom is 0.225 e. The van der Waals surface area contributed by atoms with Gasteiger partial charge in [-0.05, 0) is 29.8 Å². The summed E-state index contributed by atoms with van der Waals surface area (Å²) in [4.78, 5) is 9.44. The van der Waals surface area contributed by atoms with Gasteiger partial charge in [0.2, 0.25) is 5.88 Å². The lowest BCUT2D eigenvalue weighted by molar-refractivity contribution is 0.244. The molecular formula is C21H18FN3O2S. The van der Waals surface area contributed by atoms with E-state index in [1.54, 1.807) is 18.2 Å². The summed E-state index contributed by atoms with van der Waals surface area (Å²) in [5, 5.41) is 2.83. The average Bonchev–Trinajstić information content (AvgIpc) is 3.13. The summed E-state index contributed by atoms with van der Waals surface area (Å²) >= 11 is 1.51. The second-order valence-electron chi connectivity index (χ2n) is 6.14. The van der Waals surface area contributed by atoms with Crippen LogP contribution >= 0.6 is 11.3 Å². The van der Waals surface area contributed by atoms with Crippen molar-refractivity contribution in [3.63, 3.8) is 0 Å². The number of hydrogen-bond donors (Lipinski definition) is 1. The fourth-order valence-electron chi connectivity index (χ4n) is 2.82. The molecule has 0 aliphatic heterocycles. The second-order valence-corrected chi connectivity index (χ2v) is 7.00. The van der Waals surface area contributed by atoms with Crippen molar-refractivity contribution in [2.45, 2.75) is 6.42 Å². The maximum absolute atomic E-state index is 13.2. The highest BCUT2D eigenvalue weighted by Gasteiger charge is 2.14. The number of nitrogens with zero attached hydrogens (tertiary/aromatic N) is 2. The van der Waals surface area contributed by atoms with E-state index < -0.39 is 0 Å². The monoisotopic (exact) mass is 395 g/mol. The van der Waals surface area contributed by atoms with Gasteiger partial charge in [-0.1, -0.05) is 18.2 Å². The van der Waals surface area contributed by atoms with Crippen LogP contribution in [0.5, 0.6) is 11.6 Å². The third-order valence-corrected chi connectivity index (χ3v) is 5.03. The molecule has 4 rings (SSSR count). The van der Waals surface area contributed by atoms with Crippen LogP contribution < -0.4 is 15.2 Å². The van der Waals surface area contributed by atoms with Crippen molar-refractivity contribution in [3.8, 4) is 22.8 Å². The maximum atomic E-state index is 13.2. The number of ether oxygens (including phenoxy) is 2. The molecule has 0 bridgehead atoms. The summed E-state index contributed by atoms with van der Waals surface area (Å²) in [5.41, 5.74) is 8.25. The molecule has 0 unspecified atom stereocenters. The molecule has 0 aliphatic rings. The van der Waals surface area contributed by atoms with Gasteiger partial charge in [0.1, 0.15) is 22.7 Å². The van der Waals surface area contributed by atoms with Crippen LogP contribution in [0.25, 0.3) is 21.3 Å². The van der Waals surface area contributed by atoms with Gasteiger partial charge in [-0.15, -0.1) is 11.3 Å². The first-order valence-corrected chi connectivity index (χ1v) is 9.68. The SMILES string of the molecule is Nc1cccc(OCCCOc2ncnc3scc(-c4ccc(F)cc4)c23)c1. The predicted octanol–water partition coefficient (Wildman–Crippen LogP) is 4.93. The van der Waals surface area contributed by atoms with Crippen molar-refractivity contribution in [3.05, 3.63) is 66.1 Å². The molecule has 142 valence electrons. The summed E-state index contributed by atoms with van der Waals surface area (Å²) in [6.07, 6.45) is 2.18. The number of fused-ring (bicyclic) bond motifs is 1. The summed E-state index contributed by atoms with van der Waals surface area (Å²) in [6, 6.07) is 13.7. The second kappa shape index (κ2) is 8.22. The van der Waals surface area contributed by atoms with Gasteiger partial charge in [0.05, 0.1) is 18.6 Å². The Balaban J connectivity index is 1.44. The van der Waals surface area contributed by atoms with Gasteiger partial charge < -0.3 is 15.2 Å². The van der Waals surface area contributed by atoms with Gasteiger partial charge in [0.15, 0.2) is 0 Å². The third-order valence-electron chi connectivity index (χ3n) is 4.14. The van der Waals surface area contributed by atoms with Gasteiger partial charge in [0.25, 0.3) is 0 Å². The van der Waals surface area contributed by atoms with Crippen LogP contribution in [0.2, 0.25) is 0 Å². The molecule has 7 heteroatoms. The molecule has 0 fully saturated rings. The van der Waals surface area contributed by atoms with E-state index in [4.69, 9.17) is 15.2 Å². The lowest BCUT2D eigenvalue weighted by Gasteiger charge is -2.09. The number of rotatable bonds is 7. The first kappa shape index (κ1) is 18.2. The van der Waals surface area contributed by atoms with Crippen molar-refractivity contribution < 1.29 is 13.9 Å². The minimum absolute atomic E-state index is 0.267. The summed E-state index contributed by atoms with van der Waals surface area (Å²) < 4.78 is 24.8. The lowest BCUT2D eigenvalue weighted by Crippen LogP contribution is -2.06. The molecular weight excluding hydrogens is 377 g/mol. The van der Waals surface area contributed by atoms with Gasteiger partial charge in [0, 0.05) is 29.1 Å². The number of thiophene rings is 1. The standard InChI is InChI=1S/C21H18FN3O2S/c22-15-7-5-14(6-8-15)18-12-28-21-19(18)20(24-13-25-21)27-10-2-9-26-17-4-1-3-16(23)11-17/h1,3-8,11-13H,2,9-10,23H2. The first-order chi connectivity index (χ1) is 13.7. The van der Waals surface area contributed by atoms with Gasteiger partial charge >= 0.3 is 0 Å². The highest BCUT2D eigenvalue weighted by molar-refractivity contribution is 7.17. The zero-order chi connectivity index (χ0) is 19.3. The van der Waals surface area contributed by atoms with Crippen LogP contribution in [0.3, 0.4) is 0 Å². The Morgan fingerprint density at radius 1 is 1.00 bits per heavy atom. The Labute approximate surface area is 165 Å². The van der Waals surface area contributed by atoms with E-state index in [1.807, 2.05) is 23.6 Å². The largest absolute Gasteiger partial charge is 0.493 e. The van der Waals surface area contributed by atoms with Crippen LogP contribution in [0.4, 0.5) is 10.1 Å². The molecule has 0 saturated heterocycles. The summed E-state index contributed by atoms with van der Waals surface area (Å²) in [5.74, 6) is 0.992. The van der Waals surface area contributed by atoms with E-state index >= 15 is 0 Å². The van der Waals surface area contributed by atoms with E-state index in [9.17, 15) is 4.39 Å². The zero-order valence-electron chi connectivity index (χ0n) is 15.0. The van der Waals surface area contributed by atoms with Crippen molar-refractivity contribution >= 4 is 27.2 Å². The van der Waals surface area contributed by atoms with Gasteiger partial charge in [-0.25, -0.2) is 14.4 Å². The molecule has 0 radical (unpaired) electrons. The Hall–Kier alpha value is -3.19. The molecule has 5 nitrogen and oxygen atoms in total. The highest BCUT2D eigenvalue weighted by Crippen LogP contribution is 2.37. The van der Waals surface area contributed by atoms with E-state index in [-0.39, 0.29) is 5.82 Å². The molecule has 28 heavy (non-hydrogen) atoms. The molecule has 2 heterocycles. The smallest absolute Gasteiger partial charge is 0.225 e. The Morgan fingerprint density at radius 3 is 2.64 bits per heavy atom. The Kier molecular flexibility index (Phi) is 5.34. The van der Waals surface area contributed by atoms with Crippen molar-refractivity contribution in [2.75, 3.05) is 18.9 Å². The average molecular weight is 395 g/mol. The molecule has 2 aromatic carbocycles. The van der Waals surface area contributed by atoms with Crippen LogP contribution in [-0.2, 0) is 0 Å². The Morgan fingerprint density at radius 2 is 1.82 bits per heavy atom. The topological polar surface area (TPSA) is 70.3 Å². The summed E-state index contributed by atoms with van der Waals surface area (Å²) in [6.45, 7) is 0.958. The van der Waals surface area contributed by atoms with Gasteiger partial charge in [-0.2, -0.15) is 0 Å². The number of hydrogen-bond acceptors (Lipinski definition) is 6. The number of anilines is 1. The number of nitrogen functional groups attached to an aromatic ring is 1. The number of benzene rings is 2. The van der Waals surface area contributed by atoms with Gasteiger partial charge in [-0.3, -0.25) is 0 Å². The number of halogens is 1. The van der Waals surface area contributed by atoms with Crippen molar-refractivity contribution in [1.29, 1.82) is 0 Å². The Bertz CT molecular complexity index is 1080. The molecule has 0 atom stereocenters. The number of aromatic nitrogens is 2. The molecule has 0 spiro atoms. The molecule has 0 aliphatic carbocycles. The van der Waals surface area contributed by atoms with Crippen LogP contribution in [0, 0.1) is 5.82 Å². The van der Waals surface area contributed by atoms with Crippen LogP contribution in [-0.4, -0.2) is 23.2 Å². The van der Waals surface area contributed by atoms with Crippen LogP contribution in [0.15, 0.2) is 60.2 Å². The number of nitrogens with two attached hydrogens (primary N) is 1. The van der Waals surface area contributed by atoms with E-state index in [0.717, 1.165) is 27.1 Å². The minimum atomic E-state index is -0.267. The highest BCUT2D eigenvalue weighted by atomic mass is 32.1. The fourth-order valence-corrected chi connectivity index (χ4v) is 3.73. The van der Waals surface area contributed by atoms with Crippen molar-refractivity contribution in [1.82, 2.24) is 9.97 Å². The quantitative estimate of drug-likeness (QED) is 0.355. The third kappa shape index (κ3) is 4.04. The molecule has 0 amide bonds. The molecule has 2 N–H and O–H groups in total. The lowest BCUT2D eigenvalue weighted by atomic mass is 10.1. The molecule has 0 saturated carbocycles. The van der Waals surface area contributed by atoms with E-state index in [2.05, 4.69) is 9.97 Å². The molecule has 4 aromatic rings. The van der Waals surface area contributed by atoms with Crippen LogP contribution in [0.1, 0.15) is 6.42 Å². The first-order valence-electron chi connectivity index (χ1n) is 8.80. The normalized spacial score (nSPS) is 10.9. The van der Waals surface area contributed by atoms with E-state index in [1.165, 1.54) is 29.8 Å². The minimum Gasteiger partial charge on any atom is -0.493 e. The zero-order valence-corrected chi connectivity index (χ0v) is 15.8. The van der Waals surface area contributed by atoms with Crippen molar-refractivity contribution in [2.24, 2.45) is 0 Å². The summed E-state index contributed by atoms with van der Waals surface area (Å²) in [7, 11) is 0. The molecule has 2 aromatic heterocycles. The fraction of sp³-hybridized carbons (Fsp3) is 0.143. The van der Waals surface area contributed by atoms with E-state index in [0.29, 0.717) is 31.2 Å².